The van der Waals surface area contributed by atoms with Crippen LogP contribution in [0.4, 0.5) is 4.39 Å². The first kappa shape index (κ1) is 23.8. The van der Waals surface area contributed by atoms with E-state index in [0.717, 1.165) is 16.8 Å². The topological polar surface area (TPSA) is 94.5 Å². The van der Waals surface area contributed by atoms with E-state index in [1.165, 1.54) is 23.5 Å². The van der Waals surface area contributed by atoms with Gasteiger partial charge in [0, 0.05) is 34.1 Å². The Hall–Kier alpha value is -2.82. The Morgan fingerprint density at radius 3 is 2.59 bits per heavy atom. The fourth-order valence-corrected chi connectivity index (χ4v) is 4.69. The van der Waals surface area contributed by atoms with E-state index in [0.29, 0.717) is 28.2 Å². The molecule has 0 saturated heterocycles. The number of aryl methyl sites for hydroxylation is 1. The number of esters is 1. The molecule has 3 rings (SSSR count). The molecule has 2 heterocycles. The zero-order valence-electron chi connectivity index (χ0n) is 17.8. The Morgan fingerprint density at radius 1 is 1.16 bits per heavy atom. The lowest BCUT2D eigenvalue weighted by Crippen LogP contribution is -2.24. The summed E-state index contributed by atoms with van der Waals surface area (Å²) in [5.74, 6) is -1.35. The van der Waals surface area contributed by atoms with Crippen molar-refractivity contribution in [2.24, 2.45) is 0 Å². The second kappa shape index (κ2) is 9.76. The molecule has 1 aromatic carbocycles. The Balaban J connectivity index is 1.63. The second-order valence-electron chi connectivity index (χ2n) is 7.28. The maximum absolute atomic E-state index is 13.6. The summed E-state index contributed by atoms with van der Waals surface area (Å²) in [6, 6.07) is 11.1. The van der Waals surface area contributed by atoms with Gasteiger partial charge in [-0.3, -0.25) is 4.79 Å². The van der Waals surface area contributed by atoms with Crippen LogP contribution in [0.1, 0.15) is 36.3 Å². The molecular weight excluding hydrogens is 455 g/mol. The third-order valence-electron chi connectivity index (χ3n) is 4.73. The Morgan fingerprint density at radius 2 is 1.91 bits per heavy atom. The van der Waals surface area contributed by atoms with Crippen molar-refractivity contribution >= 4 is 33.1 Å². The number of carbonyl (C=O) groups is 2. The van der Waals surface area contributed by atoms with Gasteiger partial charge in [0.15, 0.2) is 6.61 Å². The maximum Gasteiger partial charge on any atom is 0.348 e. The monoisotopic (exact) mass is 478 g/mol. The van der Waals surface area contributed by atoms with E-state index < -0.39 is 22.6 Å². The van der Waals surface area contributed by atoms with Gasteiger partial charge in [-0.05, 0) is 56.7 Å². The number of nitrogens with zero attached hydrogens (tertiary/aromatic N) is 1. The summed E-state index contributed by atoms with van der Waals surface area (Å²) < 4.78 is 45.2. The number of thiophene rings is 1. The molecule has 170 valence electrons. The van der Waals surface area contributed by atoms with Crippen LogP contribution in [0.3, 0.4) is 0 Å². The van der Waals surface area contributed by atoms with E-state index in [9.17, 15) is 22.4 Å². The minimum Gasteiger partial charge on any atom is -0.453 e. The normalized spacial score (nSPS) is 11.5. The molecule has 0 saturated carbocycles. The second-order valence-corrected chi connectivity index (χ2v) is 10.3. The van der Waals surface area contributed by atoms with Crippen LogP contribution in [0, 0.1) is 19.7 Å². The van der Waals surface area contributed by atoms with Crippen LogP contribution in [0.15, 0.2) is 42.5 Å². The highest BCUT2D eigenvalue weighted by atomic mass is 32.2. The number of halogens is 1. The molecule has 1 N–H and O–H groups in total. The number of hydrogen-bond acceptors (Lipinski definition) is 6. The summed E-state index contributed by atoms with van der Waals surface area (Å²) >= 11 is 1.19. The highest BCUT2D eigenvalue weighted by Crippen LogP contribution is 2.22. The number of nitrogens with one attached hydrogen (secondary N) is 1. The number of aromatic nitrogens is 1. The molecule has 10 heteroatoms. The molecule has 0 radical (unpaired) electrons. The van der Waals surface area contributed by atoms with E-state index in [1.807, 2.05) is 6.92 Å². The molecule has 0 atom stereocenters. The fourth-order valence-electron chi connectivity index (χ4n) is 3.32. The molecule has 2 aromatic heterocycles. The standard InChI is InChI=1S/C22H23FN2O5S2/c1-14-11-19(15(2)25(14)17-6-4-5-16(23)12-17)20(26)13-30-22(27)21-8-7-18(31-21)9-10-24-32(3,28)29/h4-8,11-12,24H,9-10,13H2,1-3H3. The largest absolute Gasteiger partial charge is 0.453 e. The van der Waals surface area contributed by atoms with Crippen molar-refractivity contribution in [3.63, 3.8) is 0 Å². The van der Waals surface area contributed by atoms with Gasteiger partial charge in [0.2, 0.25) is 15.8 Å². The summed E-state index contributed by atoms with van der Waals surface area (Å²) in [7, 11) is -3.27. The third-order valence-corrected chi connectivity index (χ3v) is 6.58. The molecule has 32 heavy (non-hydrogen) atoms. The Bertz CT molecular complexity index is 1260. The van der Waals surface area contributed by atoms with Crippen molar-refractivity contribution in [3.8, 4) is 5.69 Å². The van der Waals surface area contributed by atoms with Gasteiger partial charge >= 0.3 is 5.97 Å². The van der Waals surface area contributed by atoms with Crippen LogP contribution in [-0.4, -0.2) is 44.1 Å². The summed E-state index contributed by atoms with van der Waals surface area (Å²) in [4.78, 5) is 26.1. The minimum atomic E-state index is -3.27. The van der Waals surface area contributed by atoms with Crippen LogP contribution in [-0.2, 0) is 21.2 Å². The van der Waals surface area contributed by atoms with Gasteiger partial charge in [-0.15, -0.1) is 11.3 Å². The summed E-state index contributed by atoms with van der Waals surface area (Å²) in [5, 5.41) is 0. The zero-order chi connectivity index (χ0) is 23.5. The number of ether oxygens (including phenoxy) is 1. The number of sulfonamides is 1. The van der Waals surface area contributed by atoms with Crippen molar-refractivity contribution in [2.45, 2.75) is 20.3 Å². The zero-order valence-corrected chi connectivity index (χ0v) is 19.5. The highest BCUT2D eigenvalue weighted by Gasteiger charge is 2.19. The van der Waals surface area contributed by atoms with Crippen LogP contribution in [0.2, 0.25) is 0 Å². The molecule has 0 aliphatic heterocycles. The van der Waals surface area contributed by atoms with Gasteiger partial charge in [0.25, 0.3) is 0 Å². The van der Waals surface area contributed by atoms with E-state index in [-0.39, 0.29) is 18.1 Å². The number of rotatable bonds is 9. The van der Waals surface area contributed by atoms with Crippen molar-refractivity contribution in [1.82, 2.24) is 9.29 Å². The summed E-state index contributed by atoms with van der Waals surface area (Å²) in [6.07, 6.45) is 1.52. The van der Waals surface area contributed by atoms with Crippen LogP contribution < -0.4 is 4.72 Å². The molecular formula is C22H23FN2O5S2. The lowest BCUT2D eigenvalue weighted by atomic mass is 10.1. The average molecular weight is 479 g/mol. The van der Waals surface area contributed by atoms with Gasteiger partial charge in [-0.25, -0.2) is 22.3 Å². The van der Waals surface area contributed by atoms with Crippen molar-refractivity contribution < 1.29 is 27.1 Å². The SMILES string of the molecule is Cc1cc(C(=O)COC(=O)c2ccc(CCNS(C)(=O)=O)s2)c(C)n1-c1cccc(F)c1. The summed E-state index contributed by atoms with van der Waals surface area (Å²) in [6.45, 7) is 3.37. The molecule has 0 spiro atoms. The van der Waals surface area contributed by atoms with Gasteiger partial charge in [-0.2, -0.15) is 0 Å². The van der Waals surface area contributed by atoms with E-state index in [2.05, 4.69) is 4.72 Å². The number of Topliss-reactive ketones (excluding diaryl/α,β-unsaturated/α-hetero) is 1. The minimum absolute atomic E-state index is 0.229. The molecule has 0 unspecified atom stereocenters. The third kappa shape index (κ3) is 5.90. The van der Waals surface area contributed by atoms with Crippen molar-refractivity contribution in [3.05, 3.63) is 75.0 Å². The van der Waals surface area contributed by atoms with Crippen LogP contribution in [0.5, 0.6) is 0 Å². The van der Waals surface area contributed by atoms with Gasteiger partial charge in [-0.1, -0.05) is 6.07 Å². The predicted molar refractivity (Wildman–Crippen MR) is 121 cm³/mol. The van der Waals surface area contributed by atoms with Gasteiger partial charge in [0.05, 0.1) is 6.26 Å². The lowest BCUT2D eigenvalue weighted by Gasteiger charge is -2.10. The van der Waals surface area contributed by atoms with Crippen molar-refractivity contribution in [1.29, 1.82) is 0 Å². The van der Waals surface area contributed by atoms with E-state index in [4.69, 9.17) is 4.74 Å². The highest BCUT2D eigenvalue weighted by molar-refractivity contribution is 7.88. The van der Waals surface area contributed by atoms with E-state index >= 15 is 0 Å². The molecule has 3 aromatic rings. The first-order valence-electron chi connectivity index (χ1n) is 9.73. The maximum atomic E-state index is 13.6. The number of carbonyl (C=O) groups excluding carboxylic acids is 2. The van der Waals surface area contributed by atoms with Crippen LogP contribution >= 0.6 is 11.3 Å². The Kier molecular flexibility index (Phi) is 7.27. The quantitative estimate of drug-likeness (QED) is 0.376. The number of hydrogen-bond donors (Lipinski definition) is 1. The van der Waals surface area contributed by atoms with Gasteiger partial charge in [0.1, 0.15) is 10.7 Å². The first-order chi connectivity index (χ1) is 15.0. The van der Waals surface area contributed by atoms with Crippen molar-refractivity contribution in [2.75, 3.05) is 19.4 Å². The molecule has 0 fully saturated rings. The summed E-state index contributed by atoms with van der Waals surface area (Å²) in [5.41, 5.74) is 2.39. The molecule has 7 nitrogen and oxygen atoms in total. The van der Waals surface area contributed by atoms with Gasteiger partial charge < -0.3 is 9.30 Å². The van der Waals surface area contributed by atoms with E-state index in [1.54, 1.807) is 41.8 Å². The Labute approximate surface area is 189 Å². The lowest BCUT2D eigenvalue weighted by molar-refractivity contribution is 0.0479. The number of benzene rings is 1. The molecule has 0 bridgehead atoms. The average Bonchev–Trinajstić information content (AvgIpc) is 3.29. The predicted octanol–water partition coefficient (Wildman–Crippen LogP) is 3.43. The first-order valence-corrected chi connectivity index (χ1v) is 12.4. The molecule has 0 aliphatic rings. The fraction of sp³-hybridized carbons (Fsp3) is 0.273. The smallest absolute Gasteiger partial charge is 0.348 e. The molecule has 0 aliphatic carbocycles. The van der Waals surface area contributed by atoms with Crippen LogP contribution in [0.25, 0.3) is 5.69 Å². The number of ketones is 1. The molecule has 0 amide bonds.